The lowest BCUT2D eigenvalue weighted by atomic mass is 10.1. The molecule has 2 aromatic carbocycles. The molecule has 0 unspecified atom stereocenters. The van der Waals surface area contributed by atoms with Crippen LogP contribution in [0.1, 0.15) is 35.3 Å². The summed E-state index contributed by atoms with van der Waals surface area (Å²) in [4.78, 5) is 13.6. The van der Waals surface area contributed by atoms with E-state index in [4.69, 9.17) is 4.74 Å². The van der Waals surface area contributed by atoms with Gasteiger partial charge in [-0.25, -0.2) is 0 Å². The average Bonchev–Trinajstić information content (AvgIpc) is 2.56. The van der Waals surface area contributed by atoms with Gasteiger partial charge in [0.05, 0.1) is 17.9 Å². The summed E-state index contributed by atoms with van der Waals surface area (Å²) < 4.78 is 5.65. The van der Waals surface area contributed by atoms with Gasteiger partial charge in [0.1, 0.15) is 11.8 Å². The monoisotopic (exact) mass is 308 g/mol. The smallest absolute Gasteiger partial charge is 0.159 e. The second-order valence-electron chi connectivity index (χ2n) is 5.30. The molecule has 4 nitrogen and oxygen atoms in total. The van der Waals surface area contributed by atoms with E-state index < -0.39 is 0 Å². The van der Waals surface area contributed by atoms with Gasteiger partial charge in [-0.1, -0.05) is 18.2 Å². The lowest BCUT2D eigenvalue weighted by molar-refractivity contribution is 0.101. The number of nitrogens with zero attached hydrogens (tertiary/aromatic N) is 2. The van der Waals surface area contributed by atoms with Crippen LogP contribution in [0.3, 0.4) is 0 Å². The number of para-hydroxylation sites is 1. The molecule has 4 heteroatoms. The van der Waals surface area contributed by atoms with E-state index in [0.29, 0.717) is 24.3 Å². The number of hydrogen-bond donors (Lipinski definition) is 0. The van der Waals surface area contributed by atoms with Crippen LogP contribution in [0.5, 0.6) is 5.75 Å². The molecule has 0 bridgehead atoms. The van der Waals surface area contributed by atoms with E-state index in [9.17, 15) is 10.1 Å². The van der Waals surface area contributed by atoms with Crippen molar-refractivity contribution in [3.8, 4) is 11.8 Å². The Kier molecular flexibility index (Phi) is 5.37. The van der Waals surface area contributed by atoms with E-state index >= 15 is 0 Å². The highest BCUT2D eigenvalue weighted by atomic mass is 16.5. The number of carbonyl (C=O) groups is 1. The largest absolute Gasteiger partial charge is 0.494 e. The minimum absolute atomic E-state index is 0.0149. The molecule has 0 aliphatic carbocycles. The highest BCUT2D eigenvalue weighted by Gasteiger charge is 2.13. The Bertz CT molecular complexity index is 747. The van der Waals surface area contributed by atoms with Crippen molar-refractivity contribution in [1.29, 1.82) is 5.26 Å². The van der Waals surface area contributed by atoms with E-state index in [1.807, 2.05) is 43.1 Å². The van der Waals surface area contributed by atoms with E-state index in [0.717, 1.165) is 17.0 Å². The molecule has 0 aromatic heterocycles. The molecular formula is C19H20N2O2. The highest BCUT2D eigenvalue weighted by Crippen LogP contribution is 2.26. The topological polar surface area (TPSA) is 53.3 Å². The Morgan fingerprint density at radius 1 is 1.26 bits per heavy atom. The number of rotatable bonds is 6. The van der Waals surface area contributed by atoms with Crippen LogP contribution in [0.15, 0.2) is 42.5 Å². The van der Waals surface area contributed by atoms with Crippen molar-refractivity contribution in [2.75, 3.05) is 18.6 Å². The summed E-state index contributed by atoms with van der Waals surface area (Å²) in [7, 11) is 1.91. The van der Waals surface area contributed by atoms with Gasteiger partial charge in [-0.3, -0.25) is 4.79 Å². The van der Waals surface area contributed by atoms with Gasteiger partial charge in [-0.05, 0) is 38.1 Å². The number of Topliss-reactive ketones (excluding diaryl/α,β-unsaturated/α-hetero) is 1. The second-order valence-corrected chi connectivity index (χ2v) is 5.30. The lowest BCUT2D eigenvalue weighted by Gasteiger charge is -2.22. The van der Waals surface area contributed by atoms with Gasteiger partial charge >= 0.3 is 0 Å². The van der Waals surface area contributed by atoms with Gasteiger partial charge < -0.3 is 9.64 Å². The lowest BCUT2D eigenvalue weighted by Crippen LogP contribution is -2.18. The molecule has 0 amide bonds. The molecule has 0 aliphatic heterocycles. The zero-order chi connectivity index (χ0) is 16.8. The third-order valence-electron chi connectivity index (χ3n) is 3.62. The van der Waals surface area contributed by atoms with Gasteiger partial charge in [0, 0.05) is 24.7 Å². The Labute approximate surface area is 136 Å². The van der Waals surface area contributed by atoms with Gasteiger partial charge in [-0.2, -0.15) is 5.26 Å². The van der Waals surface area contributed by atoms with Crippen LogP contribution < -0.4 is 9.64 Å². The Balaban J connectivity index is 2.34. The average molecular weight is 308 g/mol. The third-order valence-corrected chi connectivity index (χ3v) is 3.62. The van der Waals surface area contributed by atoms with Gasteiger partial charge in [0.15, 0.2) is 5.78 Å². The van der Waals surface area contributed by atoms with Crippen molar-refractivity contribution in [2.45, 2.75) is 20.4 Å². The first-order chi connectivity index (χ1) is 11.1. The van der Waals surface area contributed by atoms with Crippen LogP contribution in [0, 0.1) is 11.3 Å². The second kappa shape index (κ2) is 7.46. The minimum Gasteiger partial charge on any atom is -0.494 e. The van der Waals surface area contributed by atoms with Crippen LogP contribution in [-0.2, 0) is 6.54 Å². The molecule has 2 rings (SSSR count). The molecule has 0 radical (unpaired) electrons. The Morgan fingerprint density at radius 3 is 2.65 bits per heavy atom. The third kappa shape index (κ3) is 3.89. The van der Waals surface area contributed by atoms with E-state index in [2.05, 4.69) is 6.07 Å². The van der Waals surface area contributed by atoms with Crippen LogP contribution in [0.25, 0.3) is 0 Å². The molecule has 0 N–H and O–H groups in total. The fourth-order valence-corrected chi connectivity index (χ4v) is 2.43. The van der Waals surface area contributed by atoms with Gasteiger partial charge in [-0.15, -0.1) is 0 Å². The summed E-state index contributed by atoms with van der Waals surface area (Å²) in [5.41, 5.74) is 2.93. The number of benzene rings is 2. The van der Waals surface area contributed by atoms with Crippen LogP contribution in [-0.4, -0.2) is 19.4 Å². The zero-order valence-electron chi connectivity index (χ0n) is 13.7. The van der Waals surface area contributed by atoms with Gasteiger partial charge in [0.2, 0.25) is 0 Å². The van der Waals surface area contributed by atoms with Crippen molar-refractivity contribution in [2.24, 2.45) is 0 Å². The number of ketones is 1. The predicted octanol–water partition coefficient (Wildman–Crippen LogP) is 3.80. The van der Waals surface area contributed by atoms with Crippen LogP contribution in [0.4, 0.5) is 5.69 Å². The first-order valence-electron chi connectivity index (χ1n) is 7.53. The molecule has 23 heavy (non-hydrogen) atoms. The summed E-state index contributed by atoms with van der Waals surface area (Å²) in [6.45, 7) is 4.66. The molecule has 0 atom stereocenters. The summed E-state index contributed by atoms with van der Waals surface area (Å²) in [6, 6.07) is 15.2. The summed E-state index contributed by atoms with van der Waals surface area (Å²) >= 11 is 0. The normalized spacial score (nSPS) is 10.0. The van der Waals surface area contributed by atoms with Crippen molar-refractivity contribution in [3.63, 3.8) is 0 Å². The predicted molar refractivity (Wildman–Crippen MR) is 90.9 cm³/mol. The molecule has 0 saturated carbocycles. The Hall–Kier alpha value is -2.80. The number of nitriles is 1. The maximum absolute atomic E-state index is 11.6. The minimum atomic E-state index is -0.0149. The van der Waals surface area contributed by atoms with Crippen LogP contribution in [0.2, 0.25) is 0 Å². The first-order valence-corrected chi connectivity index (χ1v) is 7.53. The molecule has 0 spiro atoms. The number of ether oxygens (including phenoxy) is 1. The molecule has 118 valence electrons. The Morgan fingerprint density at radius 2 is 2.00 bits per heavy atom. The molecule has 0 aliphatic rings. The van der Waals surface area contributed by atoms with E-state index in [-0.39, 0.29) is 5.78 Å². The highest BCUT2D eigenvalue weighted by molar-refractivity contribution is 5.95. The molecule has 2 aromatic rings. The summed E-state index contributed by atoms with van der Waals surface area (Å²) in [6.07, 6.45) is 0. The fraction of sp³-hybridized carbons (Fsp3) is 0.263. The summed E-state index contributed by atoms with van der Waals surface area (Å²) in [5.74, 6) is 0.821. The van der Waals surface area contributed by atoms with Crippen LogP contribution >= 0.6 is 0 Å². The number of anilines is 1. The van der Waals surface area contributed by atoms with Crippen molar-refractivity contribution in [1.82, 2.24) is 0 Å². The fourth-order valence-electron chi connectivity index (χ4n) is 2.43. The molecule has 0 saturated heterocycles. The van der Waals surface area contributed by atoms with Gasteiger partial charge in [0.25, 0.3) is 0 Å². The standard InChI is InChI=1S/C19H20N2O2/c1-4-23-19-8-6-5-7-17(19)13-21(3)18-11-15(14(2)22)9-10-16(18)12-20/h5-11H,4,13H2,1-3H3. The SMILES string of the molecule is CCOc1ccccc1CN(C)c1cc(C(C)=O)ccc1C#N. The van der Waals surface area contributed by atoms with Crippen molar-refractivity contribution >= 4 is 11.5 Å². The molecule has 0 fully saturated rings. The maximum atomic E-state index is 11.6. The quantitative estimate of drug-likeness (QED) is 0.762. The molecular weight excluding hydrogens is 288 g/mol. The maximum Gasteiger partial charge on any atom is 0.159 e. The first kappa shape index (κ1) is 16.6. The van der Waals surface area contributed by atoms with E-state index in [1.54, 1.807) is 18.2 Å². The number of hydrogen-bond acceptors (Lipinski definition) is 4. The zero-order valence-corrected chi connectivity index (χ0v) is 13.7. The summed E-state index contributed by atoms with van der Waals surface area (Å²) in [5, 5.41) is 9.32. The number of carbonyl (C=O) groups excluding carboxylic acids is 1. The van der Waals surface area contributed by atoms with Crippen molar-refractivity contribution in [3.05, 3.63) is 59.2 Å². The molecule has 0 heterocycles. The van der Waals surface area contributed by atoms with E-state index in [1.165, 1.54) is 6.92 Å². The van der Waals surface area contributed by atoms with Crippen molar-refractivity contribution < 1.29 is 9.53 Å².